The van der Waals surface area contributed by atoms with Crippen LogP contribution in [-0.2, 0) is 0 Å². The van der Waals surface area contributed by atoms with Crippen LogP contribution in [0.25, 0.3) is 0 Å². The van der Waals surface area contributed by atoms with Crippen LogP contribution >= 0.6 is 0 Å². The number of allylic oxidation sites excluding steroid dienone is 5. The Kier molecular flexibility index (Phi) is 1.68. The molecule has 0 heterocycles. The van der Waals surface area contributed by atoms with Gasteiger partial charge in [-0.15, -0.1) is 6.58 Å². The Balaban J connectivity index is 2.39. The Morgan fingerprint density at radius 1 is 1.62 bits per heavy atom. The lowest BCUT2D eigenvalue weighted by Gasteiger charge is -1.89. The molecule has 0 saturated heterocycles. The first-order valence-electron chi connectivity index (χ1n) is 2.75. The van der Waals surface area contributed by atoms with Gasteiger partial charge in [0.2, 0.25) is 0 Å². The van der Waals surface area contributed by atoms with E-state index in [2.05, 4.69) is 24.8 Å². The highest BCUT2D eigenvalue weighted by molar-refractivity contribution is 5.31. The van der Waals surface area contributed by atoms with E-state index in [4.69, 9.17) is 0 Å². The maximum atomic E-state index is 3.60. The molecule has 0 atom stereocenters. The highest BCUT2D eigenvalue weighted by atomic mass is 14.0. The quantitative estimate of drug-likeness (QED) is 0.505. The molecule has 8 heavy (non-hydrogen) atoms. The summed E-state index contributed by atoms with van der Waals surface area (Å²) < 4.78 is 0. The van der Waals surface area contributed by atoms with Crippen molar-refractivity contribution in [2.75, 3.05) is 0 Å². The Labute approximate surface area is 50.2 Å². The number of rotatable bonds is 2. The number of hydrogen-bond acceptors (Lipinski definition) is 0. The predicted octanol–water partition coefficient (Wildman–Crippen LogP) is 2.26. The molecule has 0 bridgehead atoms. The molecule has 0 saturated carbocycles. The predicted molar refractivity (Wildman–Crippen MR) is 36.3 cm³/mol. The van der Waals surface area contributed by atoms with Crippen molar-refractivity contribution in [2.24, 2.45) is 0 Å². The van der Waals surface area contributed by atoms with E-state index in [0.29, 0.717) is 0 Å². The van der Waals surface area contributed by atoms with Crippen molar-refractivity contribution in [1.82, 2.24) is 0 Å². The van der Waals surface area contributed by atoms with E-state index in [1.54, 1.807) is 0 Å². The standard InChI is InChI=1S/C8H9/c1-2-5-8-6-3-4-7-8/h2-6H,1,7H2. The Morgan fingerprint density at radius 2 is 2.50 bits per heavy atom. The van der Waals surface area contributed by atoms with Crippen LogP contribution in [0.15, 0.2) is 36.5 Å². The summed E-state index contributed by atoms with van der Waals surface area (Å²) in [7, 11) is 0. The summed E-state index contributed by atoms with van der Waals surface area (Å²) in [5.74, 6) is 0. The summed E-state index contributed by atoms with van der Waals surface area (Å²) in [5, 5.41) is 0. The molecule has 0 aliphatic heterocycles. The van der Waals surface area contributed by atoms with Crippen LogP contribution in [-0.4, -0.2) is 0 Å². The zero-order chi connectivity index (χ0) is 5.82. The van der Waals surface area contributed by atoms with E-state index >= 15 is 0 Å². The van der Waals surface area contributed by atoms with Crippen molar-refractivity contribution in [3.63, 3.8) is 0 Å². The van der Waals surface area contributed by atoms with Gasteiger partial charge >= 0.3 is 0 Å². The Bertz CT molecular complexity index is 138. The van der Waals surface area contributed by atoms with Crippen molar-refractivity contribution in [3.05, 3.63) is 42.9 Å². The molecule has 0 amide bonds. The van der Waals surface area contributed by atoms with Gasteiger partial charge in [-0.1, -0.05) is 29.9 Å². The topological polar surface area (TPSA) is 0 Å². The van der Waals surface area contributed by atoms with Gasteiger partial charge in [0.15, 0.2) is 0 Å². The molecule has 0 aromatic carbocycles. The first-order valence-corrected chi connectivity index (χ1v) is 2.75. The monoisotopic (exact) mass is 105 g/mol. The summed E-state index contributed by atoms with van der Waals surface area (Å²) >= 11 is 0. The molecule has 0 aromatic rings. The van der Waals surface area contributed by atoms with E-state index in [1.807, 2.05) is 12.5 Å². The normalized spacial score (nSPS) is 16.2. The fourth-order valence-corrected chi connectivity index (χ4v) is 0.739. The molecular weight excluding hydrogens is 96.1 g/mol. The first-order chi connectivity index (χ1) is 3.93. The van der Waals surface area contributed by atoms with Gasteiger partial charge in [-0.05, 0) is 6.42 Å². The average molecular weight is 105 g/mol. The molecule has 0 nitrogen and oxygen atoms in total. The summed E-state index contributed by atoms with van der Waals surface area (Å²) in [5.41, 5.74) is 1.35. The minimum absolute atomic E-state index is 1.08. The average Bonchev–Trinajstić information content (AvgIpc) is 2.19. The summed E-state index contributed by atoms with van der Waals surface area (Å²) in [4.78, 5) is 0. The zero-order valence-corrected chi connectivity index (χ0v) is 4.80. The van der Waals surface area contributed by atoms with E-state index in [-0.39, 0.29) is 0 Å². The third-order valence-electron chi connectivity index (χ3n) is 1.13. The van der Waals surface area contributed by atoms with Gasteiger partial charge in [0.1, 0.15) is 0 Å². The van der Waals surface area contributed by atoms with Crippen LogP contribution in [0.2, 0.25) is 0 Å². The van der Waals surface area contributed by atoms with Gasteiger partial charge in [0.25, 0.3) is 0 Å². The summed E-state index contributed by atoms with van der Waals surface area (Å²) in [6.45, 7) is 3.60. The highest BCUT2D eigenvalue weighted by Gasteiger charge is 1.93. The second-order valence-electron chi connectivity index (χ2n) is 1.78. The van der Waals surface area contributed by atoms with E-state index in [0.717, 1.165) is 6.42 Å². The molecule has 0 N–H and O–H groups in total. The van der Waals surface area contributed by atoms with Crippen LogP contribution in [0.3, 0.4) is 0 Å². The minimum Gasteiger partial charge on any atom is -0.102 e. The van der Waals surface area contributed by atoms with Crippen LogP contribution in [0.1, 0.15) is 6.42 Å². The van der Waals surface area contributed by atoms with Gasteiger partial charge in [-0.25, -0.2) is 0 Å². The van der Waals surface area contributed by atoms with Gasteiger partial charge in [-0.2, -0.15) is 0 Å². The van der Waals surface area contributed by atoms with Crippen molar-refractivity contribution >= 4 is 0 Å². The smallest absolute Gasteiger partial charge is 0.00807 e. The van der Waals surface area contributed by atoms with Crippen molar-refractivity contribution in [2.45, 2.75) is 6.42 Å². The third kappa shape index (κ3) is 1.09. The fraction of sp³-hybridized carbons (Fsp3) is 0.125. The molecule has 1 aliphatic rings. The zero-order valence-electron chi connectivity index (χ0n) is 4.80. The lowest BCUT2D eigenvalue weighted by atomic mass is 10.2. The lowest BCUT2D eigenvalue weighted by molar-refractivity contribution is 1.29. The van der Waals surface area contributed by atoms with Gasteiger partial charge in [-0.3, -0.25) is 0 Å². The molecule has 1 radical (unpaired) electrons. The summed E-state index contributed by atoms with van der Waals surface area (Å²) in [6, 6.07) is 0. The van der Waals surface area contributed by atoms with Crippen LogP contribution in [0.5, 0.6) is 0 Å². The van der Waals surface area contributed by atoms with E-state index in [1.165, 1.54) is 5.57 Å². The molecule has 0 unspecified atom stereocenters. The maximum absolute atomic E-state index is 3.60. The van der Waals surface area contributed by atoms with Crippen molar-refractivity contribution in [1.29, 1.82) is 0 Å². The van der Waals surface area contributed by atoms with Crippen LogP contribution < -0.4 is 0 Å². The molecule has 1 aliphatic carbocycles. The molecule has 1 rings (SSSR count). The third-order valence-corrected chi connectivity index (χ3v) is 1.13. The molecule has 41 valence electrons. The van der Waals surface area contributed by atoms with Crippen molar-refractivity contribution in [3.8, 4) is 0 Å². The minimum atomic E-state index is 1.08. The second-order valence-corrected chi connectivity index (χ2v) is 1.78. The maximum Gasteiger partial charge on any atom is 0.00807 e. The lowest BCUT2D eigenvalue weighted by Crippen LogP contribution is -1.72. The SMILES string of the molecule is C=C[CH]C1=CC=CC1. The van der Waals surface area contributed by atoms with Crippen LogP contribution in [0, 0.1) is 6.42 Å². The molecule has 0 spiro atoms. The largest absolute Gasteiger partial charge is 0.102 e. The highest BCUT2D eigenvalue weighted by Crippen LogP contribution is 2.12. The first kappa shape index (κ1) is 5.36. The van der Waals surface area contributed by atoms with Gasteiger partial charge in [0, 0.05) is 6.42 Å². The Hall–Kier alpha value is -0.780. The fourth-order valence-electron chi connectivity index (χ4n) is 0.739. The molecule has 0 heteroatoms. The van der Waals surface area contributed by atoms with E-state index < -0.39 is 0 Å². The Morgan fingerprint density at radius 3 is 3.00 bits per heavy atom. The second kappa shape index (κ2) is 2.51. The summed E-state index contributed by atoms with van der Waals surface area (Å²) in [6.07, 6.45) is 11.2. The van der Waals surface area contributed by atoms with Gasteiger partial charge in [0.05, 0.1) is 0 Å². The van der Waals surface area contributed by atoms with Gasteiger partial charge < -0.3 is 0 Å². The molecule has 0 aromatic heterocycles. The van der Waals surface area contributed by atoms with Crippen molar-refractivity contribution < 1.29 is 0 Å². The number of hydrogen-bond donors (Lipinski definition) is 0. The molecular formula is C8H9. The molecule has 0 fully saturated rings. The van der Waals surface area contributed by atoms with Crippen LogP contribution in [0.4, 0.5) is 0 Å². The van der Waals surface area contributed by atoms with E-state index in [9.17, 15) is 0 Å².